The van der Waals surface area contributed by atoms with Crippen LogP contribution in [0.3, 0.4) is 0 Å². The molecular weight excluding hydrogens is 367 g/mol. The van der Waals surface area contributed by atoms with Gasteiger partial charge in [0.25, 0.3) is 0 Å². The van der Waals surface area contributed by atoms with Gasteiger partial charge in [-0.3, -0.25) is 4.99 Å². The number of ether oxygens (including phenoxy) is 1. The zero-order valence-corrected chi connectivity index (χ0v) is 15.9. The lowest BCUT2D eigenvalue weighted by molar-refractivity contribution is 0.0268. The number of hydrogen-bond donors (Lipinski definition) is 2. The Labute approximate surface area is 140 Å². The first kappa shape index (κ1) is 19.9. The molecule has 1 aliphatic rings. The molecule has 1 saturated heterocycles. The number of guanidine groups is 1. The van der Waals surface area contributed by atoms with Gasteiger partial charge in [-0.05, 0) is 52.7 Å². The average Bonchev–Trinajstić information content (AvgIpc) is 2.41. The van der Waals surface area contributed by atoms with E-state index in [9.17, 15) is 0 Å². The Kier molecular flexibility index (Phi) is 9.74. The van der Waals surface area contributed by atoms with Crippen LogP contribution in [0.25, 0.3) is 0 Å². The molecule has 1 rings (SSSR count). The van der Waals surface area contributed by atoms with Gasteiger partial charge < -0.3 is 20.3 Å². The maximum Gasteiger partial charge on any atom is 0.191 e. The Morgan fingerprint density at radius 3 is 2.40 bits per heavy atom. The maximum atomic E-state index is 5.39. The van der Waals surface area contributed by atoms with Crippen LogP contribution in [0.4, 0.5) is 0 Å². The third-order valence-corrected chi connectivity index (χ3v) is 3.85. The minimum absolute atomic E-state index is 0. The quantitative estimate of drug-likeness (QED) is 0.419. The number of hydrogen-bond acceptors (Lipinski definition) is 3. The molecular formula is C14H31IN4O. The normalized spacial score (nSPS) is 18.6. The minimum Gasteiger partial charge on any atom is -0.377 e. The van der Waals surface area contributed by atoms with E-state index in [1.807, 2.05) is 7.05 Å². The van der Waals surface area contributed by atoms with Crippen LogP contribution in [0.1, 0.15) is 26.7 Å². The van der Waals surface area contributed by atoms with E-state index in [2.05, 4.69) is 41.4 Å². The summed E-state index contributed by atoms with van der Waals surface area (Å²) in [7, 11) is 5.73. The predicted molar refractivity (Wildman–Crippen MR) is 96.1 cm³/mol. The molecule has 20 heavy (non-hydrogen) atoms. The van der Waals surface area contributed by atoms with Gasteiger partial charge in [-0.25, -0.2) is 0 Å². The molecule has 1 fully saturated rings. The van der Waals surface area contributed by atoms with E-state index in [1.165, 1.54) is 25.9 Å². The number of halogens is 1. The first-order valence-corrected chi connectivity index (χ1v) is 7.15. The summed E-state index contributed by atoms with van der Waals surface area (Å²) in [5.41, 5.74) is -0.175. The van der Waals surface area contributed by atoms with Crippen LogP contribution in [0, 0.1) is 5.92 Å². The molecule has 0 aromatic rings. The van der Waals surface area contributed by atoms with Gasteiger partial charge >= 0.3 is 0 Å². The smallest absolute Gasteiger partial charge is 0.191 e. The number of nitrogens with one attached hydrogen (secondary N) is 2. The summed E-state index contributed by atoms with van der Waals surface area (Å²) < 4.78 is 5.39. The van der Waals surface area contributed by atoms with Crippen LogP contribution in [0.2, 0.25) is 0 Å². The van der Waals surface area contributed by atoms with Gasteiger partial charge in [0.1, 0.15) is 0 Å². The van der Waals surface area contributed by atoms with Crippen LogP contribution >= 0.6 is 24.0 Å². The number of piperidine rings is 1. The summed E-state index contributed by atoms with van der Waals surface area (Å²) in [6.45, 7) is 8.27. The fourth-order valence-corrected chi connectivity index (χ4v) is 2.10. The lowest BCUT2D eigenvalue weighted by Gasteiger charge is -2.30. The molecule has 2 N–H and O–H groups in total. The van der Waals surface area contributed by atoms with Gasteiger partial charge in [-0.15, -0.1) is 24.0 Å². The monoisotopic (exact) mass is 398 g/mol. The molecule has 120 valence electrons. The van der Waals surface area contributed by atoms with E-state index >= 15 is 0 Å². The van der Waals surface area contributed by atoms with E-state index in [1.54, 1.807) is 7.11 Å². The fraction of sp³-hybridized carbons (Fsp3) is 0.929. The van der Waals surface area contributed by atoms with Crippen LogP contribution in [0.5, 0.6) is 0 Å². The van der Waals surface area contributed by atoms with Crippen LogP contribution in [-0.4, -0.2) is 63.8 Å². The Morgan fingerprint density at radius 2 is 1.90 bits per heavy atom. The molecule has 0 bridgehead atoms. The van der Waals surface area contributed by atoms with E-state index in [0.717, 1.165) is 25.0 Å². The average molecular weight is 398 g/mol. The molecule has 0 radical (unpaired) electrons. The van der Waals surface area contributed by atoms with Crippen molar-refractivity contribution in [3.05, 3.63) is 0 Å². The Hall–Kier alpha value is -0.0800. The first-order chi connectivity index (χ1) is 8.96. The third kappa shape index (κ3) is 7.64. The number of aliphatic imine (C=N–C) groups is 1. The maximum absolute atomic E-state index is 5.39. The highest BCUT2D eigenvalue weighted by Crippen LogP contribution is 2.14. The van der Waals surface area contributed by atoms with Crippen LogP contribution < -0.4 is 10.6 Å². The molecule has 0 spiro atoms. The Bertz CT molecular complexity index is 289. The second-order valence-electron chi connectivity index (χ2n) is 6.02. The van der Waals surface area contributed by atoms with Gasteiger partial charge in [0.2, 0.25) is 0 Å². The summed E-state index contributed by atoms with van der Waals surface area (Å²) >= 11 is 0. The molecule has 0 atom stereocenters. The molecule has 0 aliphatic carbocycles. The molecule has 0 aromatic carbocycles. The number of rotatable bonds is 5. The van der Waals surface area contributed by atoms with Crippen molar-refractivity contribution in [3.8, 4) is 0 Å². The topological polar surface area (TPSA) is 48.9 Å². The van der Waals surface area contributed by atoms with Crippen molar-refractivity contribution in [1.29, 1.82) is 0 Å². The minimum atomic E-state index is -0.175. The summed E-state index contributed by atoms with van der Waals surface area (Å²) in [5.74, 6) is 1.62. The summed E-state index contributed by atoms with van der Waals surface area (Å²) in [5, 5.41) is 6.73. The second-order valence-corrected chi connectivity index (χ2v) is 6.02. The SMILES string of the molecule is CN=C(NCC1CCN(C)CC1)NCC(C)(C)OC.I. The first-order valence-electron chi connectivity index (χ1n) is 7.15. The summed E-state index contributed by atoms with van der Waals surface area (Å²) in [6.07, 6.45) is 2.54. The molecule has 1 heterocycles. The van der Waals surface area contributed by atoms with Crippen molar-refractivity contribution >= 4 is 29.9 Å². The van der Waals surface area contributed by atoms with Gasteiger partial charge in [0.05, 0.1) is 5.60 Å². The van der Waals surface area contributed by atoms with Crippen molar-refractivity contribution in [2.45, 2.75) is 32.3 Å². The van der Waals surface area contributed by atoms with Crippen LogP contribution in [-0.2, 0) is 4.74 Å². The molecule has 0 saturated carbocycles. The molecule has 0 unspecified atom stereocenters. The molecule has 1 aliphatic heterocycles. The third-order valence-electron chi connectivity index (χ3n) is 3.85. The van der Waals surface area contributed by atoms with E-state index in [-0.39, 0.29) is 29.6 Å². The van der Waals surface area contributed by atoms with Gasteiger partial charge in [0.15, 0.2) is 5.96 Å². The van der Waals surface area contributed by atoms with Crippen molar-refractivity contribution < 1.29 is 4.74 Å². The molecule has 6 heteroatoms. The summed E-state index contributed by atoms with van der Waals surface area (Å²) in [4.78, 5) is 6.65. The number of likely N-dealkylation sites (tertiary alicyclic amines) is 1. The van der Waals surface area contributed by atoms with Crippen molar-refractivity contribution in [3.63, 3.8) is 0 Å². The highest BCUT2D eigenvalue weighted by atomic mass is 127. The molecule has 0 amide bonds. The Morgan fingerprint density at radius 1 is 1.30 bits per heavy atom. The highest BCUT2D eigenvalue weighted by Gasteiger charge is 2.18. The Balaban J connectivity index is 0.00000361. The van der Waals surface area contributed by atoms with Gasteiger partial charge in [-0.2, -0.15) is 0 Å². The number of nitrogens with zero attached hydrogens (tertiary/aromatic N) is 2. The van der Waals surface area contributed by atoms with Crippen molar-refractivity contribution in [2.24, 2.45) is 10.9 Å². The fourth-order valence-electron chi connectivity index (χ4n) is 2.10. The largest absolute Gasteiger partial charge is 0.377 e. The van der Waals surface area contributed by atoms with Crippen molar-refractivity contribution in [1.82, 2.24) is 15.5 Å². The second kappa shape index (κ2) is 9.78. The van der Waals surface area contributed by atoms with E-state index < -0.39 is 0 Å². The van der Waals surface area contributed by atoms with E-state index in [0.29, 0.717) is 0 Å². The lowest BCUT2D eigenvalue weighted by atomic mass is 9.97. The van der Waals surface area contributed by atoms with Gasteiger partial charge in [0, 0.05) is 27.2 Å². The molecule has 0 aromatic heterocycles. The number of methoxy groups -OCH3 is 1. The lowest BCUT2D eigenvalue weighted by Crippen LogP contribution is -2.47. The van der Waals surface area contributed by atoms with Crippen LogP contribution in [0.15, 0.2) is 4.99 Å². The standard InChI is InChI=1S/C14H30N4O.HI/c1-14(2,19-5)11-17-13(15-3)16-10-12-6-8-18(4)9-7-12;/h12H,6-11H2,1-5H3,(H2,15,16,17);1H. The zero-order chi connectivity index (χ0) is 14.3. The van der Waals surface area contributed by atoms with Gasteiger partial charge in [-0.1, -0.05) is 0 Å². The predicted octanol–water partition coefficient (Wildman–Crippen LogP) is 1.54. The summed E-state index contributed by atoms with van der Waals surface area (Å²) in [6, 6.07) is 0. The molecule has 5 nitrogen and oxygen atoms in total. The zero-order valence-electron chi connectivity index (χ0n) is 13.5. The van der Waals surface area contributed by atoms with E-state index in [4.69, 9.17) is 4.74 Å². The highest BCUT2D eigenvalue weighted by molar-refractivity contribution is 14.0. The van der Waals surface area contributed by atoms with Crippen molar-refractivity contribution in [2.75, 3.05) is 47.4 Å².